The maximum Gasteiger partial charge on any atom is 0.185 e. The van der Waals surface area contributed by atoms with Gasteiger partial charge in [-0.15, -0.1) is 0 Å². The molecule has 0 amide bonds. The molecular weight excluding hydrogens is 176 g/mol. The fraction of sp³-hybridized carbons (Fsp3) is 0.455. The van der Waals surface area contributed by atoms with E-state index in [-0.39, 0.29) is 0 Å². The zero-order chi connectivity index (χ0) is 10.4. The van der Waals surface area contributed by atoms with Crippen molar-refractivity contribution < 1.29 is 10.7 Å². The van der Waals surface area contributed by atoms with Crippen molar-refractivity contribution in [3.8, 4) is 0 Å². The van der Waals surface area contributed by atoms with Gasteiger partial charge in [0.2, 0.25) is 0 Å². The van der Waals surface area contributed by atoms with E-state index in [0.717, 1.165) is 30.9 Å². The van der Waals surface area contributed by atoms with Crippen LogP contribution >= 0.6 is 0 Å². The van der Waals surface area contributed by atoms with Gasteiger partial charge in [0.1, 0.15) is 5.69 Å². The van der Waals surface area contributed by atoms with Crippen LogP contribution in [0.2, 0.25) is 0 Å². The molecule has 0 aliphatic carbocycles. The molecule has 78 valence electrons. The smallest absolute Gasteiger partial charge is 0.185 e. The van der Waals surface area contributed by atoms with Crippen LogP contribution in [0.1, 0.15) is 20.3 Å². The third kappa shape index (κ3) is 2.47. The predicted octanol–water partition coefficient (Wildman–Crippen LogP) is 1.51. The minimum atomic E-state index is 0.891. The van der Waals surface area contributed by atoms with E-state index in [1.807, 2.05) is 24.3 Å². The number of para-hydroxylation sites is 2. The summed E-state index contributed by atoms with van der Waals surface area (Å²) in [6, 6.07) is 7.90. The number of nitrogens with zero attached hydrogens (tertiary/aromatic N) is 1. The molecule has 3 heteroatoms. The molecule has 0 heterocycles. The van der Waals surface area contributed by atoms with Gasteiger partial charge in [0.05, 0.1) is 0 Å². The fourth-order valence-electron chi connectivity index (χ4n) is 1.60. The quantitative estimate of drug-likeness (QED) is 0.552. The van der Waals surface area contributed by atoms with Gasteiger partial charge in [-0.25, -0.2) is 5.21 Å². The molecule has 0 atom stereocenters. The molecule has 0 unspecified atom stereocenters. The van der Waals surface area contributed by atoms with Gasteiger partial charge in [0.25, 0.3) is 0 Å². The molecule has 0 aromatic heterocycles. The Kier molecular flexibility index (Phi) is 4.43. The van der Waals surface area contributed by atoms with E-state index in [4.69, 9.17) is 5.21 Å². The second-order valence-corrected chi connectivity index (χ2v) is 3.27. The Labute approximate surface area is 85.3 Å². The summed E-state index contributed by atoms with van der Waals surface area (Å²) in [7, 11) is 0. The number of nitrogens with two attached hydrogens (primary N) is 1. The van der Waals surface area contributed by atoms with E-state index in [1.165, 1.54) is 5.48 Å². The number of benzene rings is 1. The number of rotatable bonds is 5. The van der Waals surface area contributed by atoms with Gasteiger partial charge in [-0.3, -0.25) is 0 Å². The van der Waals surface area contributed by atoms with E-state index < -0.39 is 0 Å². The zero-order valence-corrected chi connectivity index (χ0v) is 8.90. The zero-order valence-electron chi connectivity index (χ0n) is 8.90. The van der Waals surface area contributed by atoms with Crippen LogP contribution in [0.5, 0.6) is 0 Å². The van der Waals surface area contributed by atoms with Crippen LogP contribution in [0.4, 0.5) is 11.4 Å². The Morgan fingerprint density at radius 1 is 1.29 bits per heavy atom. The molecule has 1 aromatic carbocycles. The van der Waals surface area contributed by atoms with Gasteiger partial charge in [-0.1, -0.05) is 19.1 Å². The first kappa shape index (κ1) is 11.0. The van der Waals surface area contributed by atoms with Gasteiger partial charge in [-0.05, 0) is 19.4 Å². The monoisotopic (exact) mass is 195 g/mol. The molecule has 0 bridgehead atoms. The maximum atomic E-state index is 9.08. The van der Waals surface area contributed by atoms with Crippen molar-refractivity contribution in [2.75, 3.05) is 18.0 Å². The summed E-state index contributed by atoms with van der Waals surface area (Å²) in [5.74, 6) is 0. The summed E-state index contributed by atoms with van der Waals surface area (Å²) in [4.78, 5) is 2.27. The van der Waals surface area contributed by atoms with Crippen LogP contribution in [0, 0.1) is 0 Å². The minimum Gasteiger partial charge on any atom is -0.367 e. The van der Waals surface area contributed by atoms with Gasteiger partial charge in [-0.2, -0.15) is 5.48 Å². The van der Waals surface area contributed by atoms with Crippen molar-refractivity contribution in [3.05, 3.63) is 24.3 Å². The standard InChI is InChI=1S/C11H18N2O/c1-3-9-13(4-2)11-8-6-5-7-10(11)12-14/h5-8,12,14H,3-4,9H2,1-2H3/p+1. The first-order valence-electron chi connectivity index (χ1n) is 5.14. The molecule has 1 rings (SSSR count). The topological polar surface area (TPSA) is 40.1 Å². The molecule has 14 heavy (non-hydrogen) atoms. The summed E-state index contributed by atoms with van der Waals surface area (Å²) < 4.78 is 0. The van der Waals surface area contributed by atoms with E-state index in [9.17, 15) is 0 Å². The molecule has 0 saturated heterocycles. The molecule has 3 N–H and O–H groups in total. The molecule has 1 aromatic rings. The van der Waals surface area contributed by atoms with E-state index >= 15 is 0 Å². The molecule has 0 aliphatic rings. The lowest BCUT2D eigenvalue weighted by Gasteiger charge is -2.22. The molecule has 0 fully saturated rings. The number of hydrogen-bond donors (Lipinski definition) is 2. The lowest BCUT2D eigenvalue weighted by Crippen LogP contribution is -2.74. The summed E-state index contributed by atoms with van der Waals surface area (Å²) in [5, 5.41) is 9.08. The van der Waals surface area contributed by atoms with E-state index in [0.29, 0.717) is 0 Å². The Morgan fingerprint density at radius 2 is 2.00 bits per heavy atom. The lowest BCUT2D eigenvalue weighted by molar-refractivity contribution is -0.825. The van der Waals surface area contributed by atoms with Crippen LogP contribution in [0.3, 0.4) is 0 Å². The van der Waals surface area contributed by atoms with Crippen molar-refractivity contribution in [2.45, 2.75) is 20.3 Å². The van der Waals surface area contributed by atoms with Crippen LogP contribution in [0.25, 0.3) is 0 Å². The molecule has 0 aliphatic heterocycles. The predicted molar refractivity (Wildman–Crippen MR) is 58.0 cm³/mol. The number of quaternary nitrogens is 1. The van der Waals surface area contributed by atoms with Crippen molar-refractivity contribution in [1.82, 2.24) is 0 Å². The highest BCUT2D eigenvalue weighted by atomic mass is 16.5. The molecule has 0 radical (unpaired) electrons. The average molecular weight is 195 g/mol. The largest absolute Gasteiger partial charge is 0.367 e. The van der Waals surface area contributed by atoms with Crippen molar-refractivity contribution in [2.24, 2.45) is 0 Å². The third-order valence-electron chi connectivity index (χ3n) is 2.29. The summed E-state index contributed by atoms with van der Waals surface area (Å²) in [6.45, 7) is 6.29. The minimum absolute atomic E-state index is 0.891. The van der Waals surface area contributed by atoms with Gasteiger partial charge in [0.15, 0.2) is 5.69 Å². The Balaban J connectivity index is 2.90. The molecular formula is C11H19N2O+. The highest BCUT2D eigenvalue weighted by molar-refractivity contribution is 5.62. The summed E-state index contributed by atoms with van der Waals surface area (Å²) in [5.41, 5.74) is 3.18. The van der Waals surface area contributed by atoms with Crippen LogP contribution in [-0.2, 0) is 0 Å². The highest BCUT2D eigenvalue weighted by Gasteiger charge is 2.10. The average Bonchev–Trinajstić information content (AvgIpc) is 2.26. The lowest BCUT2D eigenvalue weighted by atomic mass is 10.2. The van der Waals surface area contributed by atoms with E-state index in [1.54, 1.807) is 0 Å². The Bertz CT molecular complexity index is 276. The summed E-state index contributed by atoms with van der Waals surface area (Å²) >= 11 is 0. The number of hydrogen-bond acceptors (Lipinski definition) is 2. The van der Waals surface area contributed by atoms with Crippen molar-refractivity contribution in [1.29, 1.82) is 0 Å². The second kappa shape index (κ2) is 5.62. The van der Waals surface area contributed by atoms with Crippen molar-refractivity contribution in [3.63, 3.8) is 0 Å². The third-order valence-corrected chi connectivity index (χ3v) is 2.29. The second-order valence-electron chi connectivity index (χ2n) is 3.27. The maximum absolute atomic E-state index is 9.08. The van der Waals surface area contributed by atoms with Gasteiger partial charge < -0.3 is 4.90 Å². The first-order valence-corrected chi connectivity index (χ1v) is 5.14. The Morgan fingerprint density at radius 3 is 2.57 bits per heavy atom. The molecule has 3 nitrogen and oxygen atoms in total. The highest BCUT2D eigenvalue weighted by Crippen LogP contribution is 2.21. The fourth-order valence-corrected chi connectivity index (χ4v) is 1.60. The normalized spacial score (nSPS) is 10.2. The van der Waals surface area contributed by atoms with Gasteiger partial charge >= 0.3 is 0 Å². The molecule has 0 saturated carbocycles. The summed E-state index contributed by atoms with van der Waals surface area (Å²) in [6.07, 6.45) is 1.12. The van der Waals surface area contributed by atoms with Crippen LogP contribution < -0.4 is 10.4 Å². The van der Waals surface area contributed by atoms with Crippen LogP contribution in [-0.4, -0.2) is 18.3 Å². The molecule has 0 spiro atoms. The number of anilines is 1. The van der Waals surface area contributed by atoms with Crippen LogP contribution in [0.15, 0.2) is 24.3 Å². The first-order chi connectivity index (χ1) is 6.83. The SMILES string of the molecule is CCCN(CC)c1ccccc1[NH2+]O. The van der Waals surface area contributed by atoms with Gasteiger partial charge in [0, 0.05) is 19.2 Å². The van der Waals surface area contributed by atoms with Crippen molar-refractivity contribution >= 4 is 11.4 Å². The van der Waals surface area contributed by atoms with E-state index in [2.05, 4.69) is 18.7 Å². The Hall–Kier alpha value is -1.06.